The first-order chi connectivity index (χ1) is 17.1. The van der Waals surface area contributed by atoms with E-state index in [0.29, 0.717) is 37.2 Å². The Morgan fingerprint density at radius 2 is 1.64 bits per heavy atom. The molecule has 36 heavy (non-hydrogen) atoms. The van der Waals surface area contributed by atoms with Crippen molar-refractivity contribution in [1.29, 1.82) is 0 Å². The quantitative estimate of drug-likeness (QED) is 0.573. The van der Waals surface area contributed by atoms with Crippen LogP contribution in [-0.2, 0) is 28.8 Å². The third-order valence-corrected chi connectivity index (χ3v) is 8.36. The van der Waals surface area contributed by atoms with E-state index in [0.717, 1.165) is 62.5 Å². The average Bonchev–Trinajstić information content (AvgIpc) is 2.84. The van der Waals surface area contributed by atoms with Gasteiger partial charge in [0.1, 0.15) is 5.60 Å². The van der Waals surface area contributed by atoms with E-state index in [1.807, 2.05) is 32.9 Å². The zero-order valence-electron chi connectivity index (χ0n) is 21.8. The molecule has 1 aromatic carbocycles. The first-order valence-corrected chi connectivity index (χ1v) is 14.5. The molecular weight excluding hydrogens is 478 g/mol. The van der Waals surface area contributed by atoms with Crippen LogP contribution in [0.25, 0.3) is 0 Å². The number of piperidine rings is 1. The third-order valence-electron chi connectivity index (χ3n) is 7.54. The van der Waals surface area contributed by atoms with E-state index >= 15 is 0 Å². The molecule has 2 fully saturated rings. The summed E-state index contributed by atoms with van der Waals surface area (Å²) in [6.45, 7) is 6.39. The van der Waals surface area contributed by atoms with Crippen LogP contribution >= 0.6 is 0 Å². The summed E-state index contributed by atoms with van der Waals surface area (Å²) in [5, 5.41) is 3.23. The molecule has 2 aliphatic carbocycles. The predicted octanol–water partition coefficient (Wildman–Crippen LogP) is 4.63. The second-order valence-corrected chi connectivity index (χ2v) is 12.2. The lowest BCUT2D eigenvalue weighted by Crippen LogP contribution is -2.48. The lowest BCUT2D eigenvalue weighted by Gasteiger charge is -2.41. The summed E-state index contributed by atoms with van der Waals surface area (Å²) in [7, 11) is 0. The number of anilines is 1. The van der Waals surface area contributed by atoms with Gasteiger partial charge in [-0.3, -0.25) is 13.3 Å². The Morgan fingerprint density at radius 3 is 2.25 bits per heavy atom. The number of likely N-dealkylation sites (tertiary alicyclic amines) is 1. The van der Waals surface area contributed by atoms with E-state index in [-0.39, 0.29) is 24.1 Å². The van der Waals surface area contributed by atoms with Gasteiger partial charge in [-0.1, -0.05) is 19.3 Å². The molecule has 200 valence electrons. The van der Waals surface area contributed by atoms with E-state index in [4.69, 9.17) is 4.74 Å². The van der Waals surface area contributed by atoms with Crippen molar-refractivity contribution in [2.24, 2.45) is 0 Å². The summed E-state index contributed by atoms with van der Waals surface area (Å²) in [6.07, 6.45) is 9.81. The van der Waals surface area contributed by atoms with Gasteiger partial charge in [0.15, 0.2) is 0 Å². The van der Waals surface area contributed by atoms with Crippen LogP contribution < -0.4 is 9.62 Å². The Labute approximate surface area is 217 Å². The SMILES string of the molecule is CC(C)(C)OC(=O)N1CCC(N(c2ccc(C(=O)NC3CCCCC3)c3c2CCCC3)S(=O)[O-])CC1. The molecular formula is C27H40N3O5S-. The number of carbonyl (C=O) groups excluding carboxylic acids is 2. The first-order valence-electron chi connectivity index (χ1n) is 13.5. The fraction of sp³-hybridized carbons (Fsp3) is 0.704. The third kappa shape index (κ3) is 6.40. The second-order valence-electron chi connectivity index (χ2n) is 11.3. The van der Waals surface area contributed by atoms with Crippen LogP contribution in [0.5, 0.6) is 0 Å². The maximum atomic E-state index is 13.2. The molecule has 0 spiro atoms. The van der Waals surface area contributed by atoms with Crippen molar-refractivity contribution in [3.63, 3.8) is 0 Å². The number of carbonyl (C=O) groups is 2. The lowest BCUT2D eigenvalue weighted by molar-refractivity contribution is 0.0207. The van der Waals surface area contributed by atoms with Crippen molar-refractivity contribution >= 4 is 29.0 Å². The summed E-state index contributed by atoms with van der Waals surface area (Å²) < 4.78 is 32.0. The smallest absolute Gasteiger partial charge is 0.410 e. The minimum absolute atomic E-state index is 0.0351. The van der Waals surface area contributed by atoms with E-state index in [9.17, 15) is 18.4 Å². The molecule has 2 amide bonds. The van der Waals surface area contributed by atoms with Crippen molar-refractivity contribution in [3.05, 3.63) is 28.8 Å². The lowest BCUT2D eigenvalue weighted by atomic mass is 9.86. The van der Waals surface area contributed by atoms with Gasteiger partial charge in [0.2, 0.25) is 0 Å². The molecule has 1 aromatic rings. The van der Waals surface area contributed by atoms with Gasteiger partial charge in [-0.25, -0.2) is 4.79 Å². The molecule has 1 saturated heterocycles. The average molecular weight is 519 g/mol. The molecule has 0 bridgehead atoms. The second kappa shape index (κ2) is 11.5. The van der Waals surface area contributed by atoms with Crippen LogP contribution in [0.1, 0.15) is 100 Å². The van der Waals surface area contributed by atoms with E-state index < -0.39 is 16.9 Å². The maximum absolute atomic E-state index is 13.2. The molecule has 8 nitrogen and oxygen atoms in total. The van der Waals surface area contributed by atoms with Crippen LogP contribution in [0, 0.1) is 0 Å². The van der Waals surface area contributed by atoms with Gasteiger partial charge in [0, 0.05) is 42.0 Å². The van der Waals surface area contributed by atoms with Crippen LogP contribution in [0.4, 0.5) is 10.5 Å². The highest BCUT2D eigenvalue weighted by Gasteiger charge is 2.32. The van der Waals surface area contributed by atoms with Gasteiger partial charge < -0.3 is 19.5 Å². The fourth-order valence-corrected chi connectivity index (χ4v) is 6.57. The maximum Gasteiger partial charge on any atom is 0.410 e. The standard InChI is InChI=1S/C27H41N3O5S/c1-27(2,3)35-26(32)29-17-15-20(16-18-29)30(36(33)34)24-14-13-23(21-11-7-8-12-22(21)24)25(31)28-19-9-5-4-6-10-19/h13-14,19-20H,4-12,15-18H2,1-3H3,(H,28,31)(H,33,34)/p-1. The van der Waals surface area contributed by atoms with Crippen molar-refractivity contribution in [2.45, 2.75) is 109 Å². The van der Waals surface area contributed by atoms with Crippen LogP contribution in [0.3, 0.4) is 0 Å². The molecule has 3 aliphatic rings. The van der Waals surface area contributed by atoms with Gasteiger partial charge in [0.05, 0.1) is 5.69 Å². The number of hydrogen-bond donors (Lipinski definition) is 1. The van der Waals surface area contributed by atoms with E-state index in [2.05, 4.69) is 5.32 Å². The predicted molar refractivity (Wildman–Crippen MR) is 140 cm³/mol. The molecule has 1 atom stereocenters. The van der Waals surface area contributed by atoms with Gasteiger partial charge in [-0.15, -0.1) is 0 Å². The molecule has 1 heterocycles. The van der Waals surface area contributed by atoms with Gasteiger partial charge in [-0.05, 0) is 95.4 Å². The Bertz CT molecular complexity index is 978. The van der Waals surface area contributed by atoms with Gasteiger partial charge in [-0.2, -0.15) is 0 Å². The molecule has 1 N–H and O–H groups in total. The minimum atomic E-state index is -2.46. The van der Waals surface area contributed by atoms with Crippen LogP contribution in [0.15, 0.2) is 12.1 Å². The summed E-state index contributed by atoms with van der Waals surface area (Å²) in [6, 6.07) is 3.62. The zero-order chi connectivity index (χ0) is 25.9. The van der Waals surface area contributed by atoms with Crippen molar-refractivity contribution in [1.82, 2.24) is 10.2 Å². The van der Waals surface area contributed by atoms with Crippen molar-refractivity contribution in [3.8, 4) is 0 Å². The monoisotopic (exact) mass is 518 g/mol. The van der Waals surface area contributed by atoms with E-state index in [1.165, 1.54) is 10.7 Å². The van der Waals surface area contributed by atoms with Crippen LogP contribution in [0.2, 0.25) is 0 Å². The number of ether oxygens (including phenoxy) is 1. The Morgan fingerprint density at radius 1 is 1.00 bits per heavy atom. The number of rotatable bonds is 5. The highest BCUT2D eigenvalue weighted by atomic mass is 32.2. The Balaban J connectivity index is 1.53. The normalized spacial score (nSPS) is 20.4. The van der Waals surface area contributed by atoms with Crippen molar-refractivity contribution < 1.29 is 23.1 Å². The fourth-order valence-electron chi connectivity index (χ4n) is 5.79. The molecule has 1 saturated carbocycles. The summed E-state index contributed by atoms with van der Waals surface area (Å²) in [5.41, 5.74) is 2.78. The minimum Gasteiger partial charge on any atom is -0.755 e. The number of nitrogens with zero attached hydrogens (tertiary/aromatic N) is 2. The molecule has 1 unspecified atom stereocenters. The zero-order valence-corrected chi connectivity index (χ0v) is 22.7. The van der Waals surface area contributed by atoms with E-state index in [1.54, 1.807) is 4.90 Å². The summed E-state index contributed by atoms with van der Waals surface area (Å²) in [5.74, 6) is -0.0351. The van der Waals surface area contributed by atoms with Gasteiger partial charge >= 0.3 is 6.09 Å². The van der Waals surface area contributed by atoms with Gasteiger partial charge in [0.25, 0.3) is 5.91 Å². The summed E-state index contributed by atoms with van der Waals surface area (Å²) in [4.78, 5) is 27.3. The first kappa shape index (κ1) is 26.9. The number of benzene rings is 1. The highest BCUT2D eigenvalue weighted by molar-refractivity contribution is 7.80. The number of hydrogen-bond acceptors (Lipinski definition) is 5. The largest absolute Gasteiger partial charge is 0.755 e. The molecule has 0 radical (unpaired) electrons. The number of fused-ring (bicyclic) bond motifs is 1. The van der Waals surface area contributed by atoms with Crippen molar-refractivity contribution in [2.75, 3.05) is 17.4 Å². The number of nitrogens with one attached hydrogen (secondary N) is 1. The summed E-state index contributed by atoms with van der Waals surface area (Å²) >= 11 is -2.46. The highest BCUT2D eigenvalue weighted by Crippen LogP contribution is 2.36. The Kier molecular flexibility index (Phi) is 8.60. The molecule has 0 aromatic heterocycles. The molecule has 4 rings (SSSR count). The molecule has 9 heteroatoms. The molecule has 1 aliphatic heterocycles. The topological polar surface area (TPSA) is 102 Å². The Hall–Kier alpha value is -2.13. The number of amides is 2. The van der Waals surface area contributed by atoms with Crippen LogP contribution in [-0.4, -0.2) is 56.4 Å².